The fourth-order valence-corrected chi connectivity index (χ4v) is 6.82. The summed E-state index contributed by atoms with van der Waals surface area (Å²) in [5.41, 5.74) is 7.65. The molecule has 0 saturated carbocycles. The lowest BCUT2D eigenvalue weighted by Gasteiger charge is -2.38. The summed E-state index contributed by atoms with van der Waals surface area (Å²) in [5, 5.41) is 14.4. The molecular weight excluding hydrogens is 485 g/mol. The second-order valence-corrected chi connectivity index (χ2v) is 11.0. The molecule has 0 bridgehead atoms. The average Bonchev–Trinajstić information content (AvgIpc) is 3.36. The monoisotopic (exact) mass is 517 g/mol. The van der Waals surface area contributed by atoms with E-state index in [4.69, 9.17) is 10.5 Å². The minimum Gasteiger partial charge on any atom is -0.497 e. The highest BCUT2D eigenvalue weighted by Gasteiger charge is 2.31. The fraction of sp³-hybridized carbons (Fsp3) is 0.462. The lowest BCUT2D eigenvalue weighted by atomic mass is 9.79. The highest BCUT2D eigenvalue weighted by Crippen LogP contribution is 2.35. The molecule has 3 atom stereocenters. The quantitative estimate of drug-likeness (QED) is 0.328. The number of aliphatic carboxylic acids is 1. The Kier molecular flexibility index (Phi) is 8.99. The van der Waals surface area contributed by atoms with E-state index in [9.17, 15) is 14.3 Å². The fourth-order valence-electron chi connectivity index (χ4n) is 5.03. The molecule has 1 aromatic carbocycles. The molecule has 6 nitrogen and oxygen atoms in total. The third-order valence-electron chi connectivity index (χ3n) is 6.87. The molecule has 0 aliphatic carbocycles. The van der Waals surface area contributed by atoms with Crippen LogP contribution >= 0.6 is 23.1 Å². The van der Waals surface area contributed by atoms with Gasteiger partial charge in [0.25, 0.3) is 0 Å². The van der Waals surface area contributed by atoms with Gasteiger partial charge in [-0.3, -0.25) is 9.78 Å². The number of nitrogens with zero attached hydrogens (tertiary/aromatic N) is 2. The Balaban J connectivity index is 1.39. The molecular formula is C26H32FN3O3S2. The molecule has 0 spiro atoms. The Hall–Kier alpha value is -2.20. The molecule has 9 heteroatoms. The number of aromatic nitrogens is 1. The molecule has 2 aromatic heterocycles. The van der Waals surface area contributed by atoms with E-state index in [-0.39, 0.29) is 18.3 Å². The summed E-state index contributed by atoms with van der Waals surface area (Å²) in [5.74, 6) is 0.756. The third-order valence-corrected chi connectivity index (χ3v) is 8.68. The summed E-state index contributed by atoms with van der Waals surface area (Å²) >= 11 is 3.54. The topological polar surface area (TPSA) is 88.7 Å². The van der Waals surface area contributed by atoms with Crippen LogP contribution in [-0.4, -0.2) is 53.5 Å². The van der Waals surface area contributed by atoms with Gasteiger partial charge < -0.3 is 20.5 Å². The lowest BCUT2D eigenvalue weighted by Crippen LogP contribution is -2.42. The van der Waals surface area contributed by atoms with Crippen molar-refractivity contribution < 1.29 is 19.0 Å². The summed E-state index contributed by atoms with van der Waals surface area (Å²) in [6, 6.07) is 7.01. The van der Waals surface area contributed by atoms with E-state index in [1.54, 1.807) is 36.6 Å². The second kappa shape index (κ2) is 12.2. The van der Waals surface area contributed by atoms with Crippen LogP contribution in [0.1, 0.15) is 37.3 Å². The normalized spacial score (nSPS) is 19.6. The molecule has 1 fully saturated rings. The number of ether oxygens (including phenoxy) is 1. The van der Waals surface area contributed by atoms with Crippen LogP contribution in [0.15, 0.2) is 46.1 Å². The van der Waals surface area contributed by atoms with Crippen molar-refractivity contribution in [3.63, 3.8) is 0 Å². The number of pyridine rings is 1. The number of likely N-dealkylation sites (tertiary alicyclic amines) is 1. The number of piperidine rings is 1. The van der Waals surface area contributed by atoms with E-state index in [0.29, 0.717) is 28.6 Å². The van der Waals surface area contributed by atoms with Gasteiger partial charge in [0.1, 0.15) is 11.6 Å². The largest absolute Gasteiger partial charge is 0.497 e. The molecule has 3 heterocycles. The van der Waals surface area contributed by atoms with Gasteiger partial charge in [0, 0.05) is 52.5 Å². The Morgan fingerprint density at radius 1 is 1.40 bits per heavy atom. The highest BCUT2D eigenvalue weighted by atomic mass is 32.2. The van der Waals surface area contributed by atoms with Crippen LogP contribution in [0.3, 0.4) is 0 Å². The van der Waals surface area contributed by atoms with E-state index < -0.39 is 17.8 Å². The van der Waals surface area contributed by atoms with Gasteiger partial charge in [-0.25, -0.2) is 4.39 Å². The zero-order valence-corrected chi connectivity index (χ0v) is 21.5. The van der Waals surface area contributed by atoms with Crippen molar-refractivity contribution >= 4 is 40.0 Å². The average molecular weight is 518 g/mol. The van der Waals surface area contributed by atoms with E-state index in [1.165, 1.54) is 11.1 Å². The Labute approximate surface area is 213 Å². The maximum Gasteiger partial charge on any atom is 0.303 e. The van der Waals surface area contributed by atoms with Gasteiger partial charge in [-0.05, 0) is 67.3 Å². The first kappa shape index (κ1) is 25.9. The maximum absolute atomic E-state index is 14.8. The number of carboxylic acids is 1. The standard InChI is InChI=1S/C26H32FN3O3S2/c1-33-19-3-5-24-21(13-19)26(22(27)14-29-24)23(28)4-2-17-6-8-30(15-18(17)12-25(31)32)9-11-35-20-7-10-34-16-20/h3,5,7,10,13-14,16-18,23H,2,4,6,8-9,11-12,15,28H2,1H3,(H,31,32)/t17-,18-,23+/m1/s1. The number of hydrogen-bond acceptors (Lipinski definition) is 7. The van der Waals surface area contributed by atoms with Crippen LogP contribution in [0.2, 0.25) is 0 Å². The molecule has 4 rings (SSSR count). The van der Waals surface area contributed by atoms with Gasteiger partial charge in [0.05, 0.1) is 18.8 Å². The zero-order chi connectivity index (χ0) is 24.8. The van der Waals surface area contributed by atoms with E-state index in [1.807, 2.05) is 11.8 Å². The molecule has 3 aromatic rings. The number of carbonyl (C=O) groups is 1. The first-order valence-corrected chi connectivity index (χ1v) is 13.8. The van der Waals surface area contributed by atoms with Crippen molar-refractivity contribution in [1.82, 2.24) is 9.88 Å². The summed E-state index contributed by atoms with van der Waals surface area (Å²) in [6.45, 7) is 2.67. The zero-order valence-electron chi connectivity index (χ0n) is 19.9. The van der Waals surface area contributed by atoms with Crippen LogP contribution < -0.4 is 10.5 Å². The SMILES string of the molecule is COc1ccc2ncc(F)c([C@@H](N)CC[C@@H]3CCN(CCSc4ccsc4)C[C@H]3CC(=O)O)c2c1. The third kappa shape index (κ3) is 6.73. The van der Waals surface area contributed by atoms with Crippen molar-refractivity contribution in [2.45, 2.75) is 36.6 Å². The van der Waals surface area contributed by atoms with Crippen molar-refractivity contribution in [2.24, 2.45) is 17.6 Å². The van der Waals surface area contributed by atoms with Gasteiger partial charge in [-0.2, -0.15) is 11.3 Å². The molecule has 0 radical (unpaired) electrons. The number of benzene rings is 1. The van der Waals surface area contributed by atoms with Gasteiger partial charge in [0.2, 0.25) is 0 Å². The smallest absolute Gasteiger partial charge is 0.303 e. The van der Waals surface area contributed by atoms with E-state index in [2.05, 4.69) is 26.7 Å². The lowest BCUT2D eigenvalue weighted by molar-refractivity contribution is -0.139. The molecule has 1 saturated heterocycles. The molecule has 3 N–H and O–H groups in total. The number of carboxylic acid groups (broad SMARTS) is 1. The minimum absolute atomic E-state index is 0.0683. The first-order valence-electron chi connectivity index (χ1n) is 11.9. The number of halogens is 1. The molecule has 0 amide bonds. The molecule has 0 unspecified atom stereocenters. The number of fused-ring (bicyclic) bond motifs is 1. The van der Waals surface area contributed by atoms with E-state index >= 15 is 0 Å². The van der Waals surface area contributed by atoms with Crippen LogP contribution in [0.4, 0.5) is 4.39 Å². The summed E-state index contributed by atoms with van der Waals surface area (Å²) < 4.78 is 20.1. The number of thioether (sulfide) groups is 1. The Morgan fingerprint density at radius 2 is 2.26 bits per heavy atom. The summed E-state index contributed by atoms with van der Waals surface area (Å²) in [7, 11) is 1.57. The van der Waals surface area contributed by atoms with Gasteiger partial charge >= 0.3 is 5.97 Å². The Morgan fingerprint density at radius 3 is 3.00 bits per heavy atom. The van der Waals surface area contributed by atoms with Crippen molar-refractivity contribution in [1.29, 1.82) is 0 Å². The van der Waals surface area contributed by atoms with Crippen LogP contribution in [0.5, 0.6) is 5.75 Å². The number of nitrogens with two attached hydrogens (primary N) is 1. The number of rotatable bonds is 11. The van der Waals surface area contributed by atoms with Crippen LogP contribution in [-0.2, 0) is 4.79 Å². The van der Waals surface area contributed by atoms with E-state index in [0.717, 1.165) is 38.2 Å². The van der Waals surface area contributed by atoms with Crippen molar-refractivity contribution in [2.75, 3.05) is 32.5 Å². The summed E-state index contributed by atoms with van der Waals surface area (Å²) in [6.07, 6.45) is 3.66. The predicted molar refractivity (Wildman–Crippen MR) is 140 cm³/mol. The van der Waals surface area contributed by atoms with Gasteiger partial charge in [-0.1, -0.05) is 0 Å². The number of thiophene rings is 1. The molecule has 35 heavy (non-hydrogen) atoms. The predicted octanol–water partition coefficient (Wildman–Crippen LogP) is 5.43. The summed E-state index contributed by atoms with van der Waals surface area (Å²) in [4.78, 5) is 19.4. The molecule has 1 aliphatic rings. The number of methoxy groups -OCH3 is 1. The maximum atomic E-state index is 14.8. The van der Waals surface area contributed by atoms with Crippen molar-refractivity contribution in [3.8, 4) is 5.75 Å². The van der Waals surface area contributed by atoms with Crippen LogP contribution in [0, 0.1) is 17.7 Å². The van der Waals surface area contributed by atoms with Crippen LogP contribution in [0.25, 0.3) is 10.9 Å². The highest BCUT2D eigenvalue weighted by molar-refractivity contribution is 7.99. The molecule has 1 aliphatic heterocycles. The second-order valence-electron chi connectivity index (χ2n) is 9.10. The molecule has 188 valence electrons. The van der Waals surface area contributed by atoms with Gasteiger partial charge in [0.15, 0.2) is 0 Å². The minimum atomic E-state index is -0.767. The van der Waals surface area contributed by atoms with Crippen molar-refractivity contribution in [3.05, 3.63) is 52.6 Å². The first-order chi connectivity index (χ1) is 16.9. The van der Waals surface area contributed by atoms with Gasteiger partial charge in [-0.15, -0.1) is 11.8 Å². The number of hydrogen-bond donors (Lipinski definition) is 2. The Bertz CT molecular complexity index is 1130.